The topological polar surface area (TPSA) is 72.2 Å². The molecule has 11 heteroatoms. The largest absolute Gasteiger partial charge is 0.418 e. The number of benzene rings is 1. The monoisotopic (exact) mass is 437 g/mol. The maximum atomic E-state index is 13.1. The molecule has 0 aliphatic rings. The predicted octanol–water partition coefficient (Wildman–Crippen LogP) is 4.71. The molecule has 0 aliphatic heterocycles. The van der Waals surface area contributed by atoms with Gasteiger partial charge in [0.15, 0.2) is 10.8 Å². The number of anilines is 1. The zero-order chi connectivity index (χ0) is 20.8. The molecule has 1 N–H and O–H groups in total. The molecule has 0 bridgehead atoms. The Balaban J connectivity index is 1.53. The first-order chi connectivity index (χ1) is 13.8. The fraction of sp³-hybridized carbons (Fsp3) is 0.222. The number of nitrogens with one attached hydrogen (secondary N) is 1. The summed E-state index contributed by atoms with van der Waals surface area (Å²) in [7, 11) is 0. The molecule has 29 heavy (non-hydrogen) atoms. The molecule has 1 aromatic carbocycles. The van der Waals surface area contributed by atoms with Gasteiger partial charge < -0.3 is 5.32 Å². The van der Waals surface area contributed by atoms with Gasteiger partial charge in [0.05, 0.1) is 22.4 Å². The third-order valence-corrected chi connectivity index (χ3v) is 6.44. The minimum atomic E-state index is -4.55. The van der Waals surface area contributed by atoms with E-state index in [0.717, 1.165) is 38.5 Å². The van der Waals surface area contributed by atoms with Crippen molar-refractivity contribution in [1.29, 1.82) is 0 Å². The number of aryl methyl sites for hydroxylation is 2. The van der Waals surface area contributed by atoms with Crippen molar-refractivity contribution >= 4 is 50.6 Å². The normalized spacial score (nSPS) is 12.0. The minimum Gasteiger partial charge on any atom is -0.325 e. The molecular formula is C18H14F3N5OS2. The molecule has 0 fully saturated rings. The zero-order valence-electron chi connectivity index (χ0n) is 15.2. The van der Waals surface area contributed by atoms with Crippen LogP contribution < -0.4 is 5.32 Å². The first kappa shape index (κ1) is 19.6. The van der Waals surface area contributed by atoms with Crippen LogP contribution in [-0.4, -0.2) is 31.2 Å². The number of rotatable bonds is 4. The molecule has 6 nitrogen and oxygen atoms in total. The van der Waals surface area contributed by atoms with Crippen molar-refractivity contribution in [1.82, 2.24) is 19.6 Å². The molecule has 3 heterocycles. The van der Waals surface area contributed by atoms with Crippen LogP contribution >= 0.6 is 23.1 Å². The van der Waals surface area contributed by atoms with E-state index in [2.05, 4.69) is 20.5 Å². The summed E-state index contributed by atoms with van der Waals surface area (Å²) >= 11 is 2.65. The smallest absolute Gasteiger partial charge is 0.325 e. The lowest BCUT2D eigenvalue weighted by Crippen LogP contribution is -2.18. The maximum Gasteiger partial charge on any atom is 0.418 e. The van der Waals surface area contributed by atoms with E-state index in [1.807, 2.05) is 13.8 Å². The number of carbonyl (C=O) groups is 1. The average Bonchev–Trinajstić information content (AvgIpc) is 3.20. The lowest BCUT2D eigenvalue weighted by Gasteiger charge is -2.13. The summed E-state index contributed by atoms with van der Waals surface area (Å²) in [6.07, 6.45) is -2.96. The third kappa shape index (κ3) is 3.67. The number of halogens is 3. The number of nitrogens with zero attached hydrogens (tertiary/aromatic N) is 4. The summed E-state index contributed by atoms with van der Waals surface area (Å²) in [6.45, 7) is 4.00. The zero-order valence-corrected chi connectivity index (χ0v) is 16.9. The van der Waals surface area contributed by atoms with Gasteiger partial charge in [-0.25, -0.2) is 4.98 Å². The van der Waals surface area contributed by atoms with E-state index in [4.69, 9.17) is 0 Å². The van der Waals surface area contributed by atoms with Gasteiger partial charge in [-0.05, 0) is 31.5 Å². The number of hydrogen-bond donors (Lipinski definition) is 1. The van der Waals surface area contributed by atoms with Gasteiger partial charge in [0.25, 0.3) is 0 Å². The number of fused-ring (bicyclic) bond motifs is 3. The third-order valence-electron chi connectivity index (χ3n) is 4.38. The van der Waals surface area contributed by atoms with Gasteiger partial charge in [0, 0.05) is 4.88 Å². The number of amides is 1. The molecule has 0 saturated heterocycles. The van der Waals surface area contributed by atoms with Crippen LogP contribution in [0.25, 0.3) is 15.9 Å². The maximum absolute atomic E-state index is 13.1. The molecular weight excluding hydrogens is 423 g/mol. The number of thiophene rings is 1. The molecule has 1 amide bonds. The van der Waals surface area contributed by atoms with E-state index in [1.165, 1.54) is 18.2 Å². The van der Waals surface area contributed by atoms with Gasteiger partial charge in [-0.2, -0.15) is 13.2 Å². The molecule has 0 spiro atoms. The lowest BCUT2D eigenvalue weighted by molar-refractivity contribution is -0.137. The Kier molecular flexibility index (Phi) is 4.95. The Bertz CT molecular complexity index is 1230. The van der Waals surface area contributed by atoms with Crippen LogP contribution in [0.2, 0.25) is 0 Å². The standard InChI is InChI=1S/C18H14F3N5OS2/c1-9-10(2)29-16-14(9)15-24-25-17(26(15)8-22-16)28-7-13(27)23-12-6-4-3-5-11(12)18(19,20)21/h3-6,8H,7H2,1-2H3,(H,23,27). The molecule has 150 valence electrons. The summed E-state index contributed by atoms with van der Waals surface area (Å²) in [6, 6.07) is 4.86. The lowest BCUT2D eigenvalue weighted by atomic mass is 10.1. The number of thioether (sulfide) groups is 1. The van der Waals surface area contributed by atoms with Crippen LogP contribution in [0.15, 0.2) is 35.7 Å². The highest BCUT2D eigenvalue weighted by atomic mass is 32.2. The van der Waals surface area contributed by atoms with Crippen molar-refractivity contribution in [3.05, 3.63) is 46.6 Å². The second-order valence-electron chi connectivity index (χ2n) is 6.26. The molecule has 4 aromatic rings. The molecule has 0 radical (unpaired) electrons. The Morgan fingerprint density at radius 2 is 2.00 bits per heavy atom. The fourth-order valence-electron chi connectivity index (χ4n) is 2.88. The Labute approximate surface area is 171 Å². The van der Waals surface area contributed by atoms with Crippen LogP contribution in [-0.2, 0) is 11.0 Å². The highest BCUT2D eigenvalue weighted by molar-refractivity contribution is 7.99. The van der Waals surface area contributed by atoms with E-state index >= 15 is 0 Å². The molecule has 4 rings (SSSR count). The highest BCUT2D eigenvalue weighted by Crippen LogP contribution is 2.35. The van der Waals surface area contributed by atoms with Crippen molar-refractivity contribution in [3.63, 3.8) is 0 Å². The van der Waals surface area contributed by atoms with Crippen LogP contribution in [0, 0.1) is 13.8 Å². The average molecular weight is 437 g/mol. The van der Waals surface area contributed by atoms with Crippen LogP contribution in [0.3, 0.4) is 0 Å². The van der Waals surface area contributed by atoms with Crippen molar-refractivity contribution in [3.8, 4) is 0 Å². The van der Waals surface area contributed by atoms with E-state index in [-0.39, 0.29) is 11.4 Å². The number of alkyl halides is 3. The Hall–Kier alpha value is -2.66. The second-order valence-corrected chi connectivity index (χ2v) is 8.41. The van der Waals surface area contributed by atoms with Crippen molar-refractivity contribution in [2.75, 3.05) is 11.1 Å². The summed E-state index contributed by atoms with van der Waals surface area (Å²) in [5.74, 6) is -0.688. The van der Waals surface area contributed by atoms with Gasteiger partial charge in [0.1, 0.15) is 11.2 Å². The number of hydrogen-bond acceptors (Lipinski definition) is 6. The van der Waals surface area contributed by atoms with E-state index in [1.54, 1.807) is 22.1 Å². The number of carbonyl (C=O) groups excluding carboxylic acids is 1. The van der Waals surface area contributed by atoms with Crippen molar-refractivity contribution in [2.24, 2.45) is 0 Å². The van der Waals surface area contributed by atoms with Gasteiger partial charge in [-0.15, -0.1) is 21.5 Å². The van der Waals surface area contributed by atoms with Crippen LogP contribution in [0.1, 0.15) is 16.0 Å². The minimum absolute atomic E-state index is 0.118. The predicted molar refractivity (Wildman–Crippen MR) is 106 cm³/mol. The SMILES string of the molecule is Cc1sc2ncn3c(SCC(=O)Nc4ccccc4C(F)(F)F)nnc3c2c1C. The quantitative estimate of drug-likeness (QED) is 0.469. The first-order valence-corrected chi connectivity index (χ1v) is 10.2. The number of aromatic nitrogens is 4. The molecule has 0 atom stereocenters. The first-order valence-electron chi connectivity index (χ1n) is 8.44. The Morgan fingerprint density at radius 3 is 2.76 bits per heavy atom. The van der Waals surface area contributed by atoms with E-state index in [9.17, 15) is 18.0 Å². The summed E-state index contributed by atoms with van der Waals surface area (Å²) in [4.78, 5) is 18.6. The molecule has 0 aliphatic carbocycles. The summed E-state index contributed by atoms with van der Waals surface area (Å²) < 4.78 is 40.9. The highest BCUT2D eigenvalue weighted by Gasteiger charge is 2.33. The van der Waals surface area contributed by atoms with Gasteiger partial charge in [0.2, 0.25) is 5.91 Å². The van der Waals surface area contributed by atoms with E-state index in [0.29, 0.717) is 10.8 Å². The molecule has 3 aromatic heterocycles. The summed E-state index contributed by atoms with van der Waals surface area (Å²) in [5.41, 5.74) is 0.557. The van der Waals surface area contributed by atoms with Crippen LogP contribution in [0.5, 0.6) is 0 Å². The molecule has 0 unspecified atom stereocenters. The molecule has 0 saturated carbocycles. The van der Waals surface area contributed by atoms with Crippen molar-refractivity contribution < 1.29 is 18.0 Å². The number of para-hydroxylation sites is 1. The Morgan fingerprint density at radius 1 is 1.24 bits per heavy atom. The van der Waals surface area contributed by atoms with Gasteiger partial charge in [-0.1, -0.05) is 23.9 Å². The van der Waals surface area contributed by atoms with Gasteiger partial charge >= 0.3 is 6.18 Å². The van der Waals surface area contributed by atoms with Crippen LogP contribution in [0.4, 0.5) is 18.9 Å². The van der Waals surface area contributed by atoms with E-state index < -0.39 is 17.6 Å². The summed E-state index contributed by atoms with van der Waals surface area (Å²) in [5, 5.41) is 12.0. The second kappa shape index (κ2) is 7.30. The van der Waals surface area contributed by atoms with Gasteiger partial charge in [-0.3, -0.25) is 9.20 Å². The van der Waals surface area contributed by atoms with Crippen molar-refractivity contribution in [2.45, 2.75) is 25.2 Å². The fourth-order valence-corrected chi connectivity index (χ4v) is 4.57.